The largest absolute Gasteiger partial charge is 0.388 e. The quantitative estimate of drug-likeness (QED) is 0.646. The van der Waals surface area contributed by atoms with Crippen molar-refractivity contribution in [1.29, 1.82) is 0 Å². The molecule has 0 aliphatic carbocycles. The van der Waals surface area contributed by atoms with Gasteiger partial charge in [0.25, 0.3) is 0 Å². The molecule has 1 aliphatic heterocycles. The molecule has 1 aliphatic rings. The van der Waals surface area contributed by atoms with Crippen molar-refractivity contribution in [3.63, 3.8) is 0 Å². The fourth-order valence-corrected chi connectivity index (χ4v) is 3.34. The van der Waals surface area contributed by atoms with E-state index in [4.69, 9.17) is 0 Å². The smallest absolute Gasteiger partial charge is 0.112 e. The van der Waals surface area contributed by atoms with E-state index in [0.29, 0.717) is 5.56 Å². The second-order valence-corrected chi connectivity index (χ2v) is 6.08. The lowest BCUT2D eigenvalue weighted by molar-refractivity contribution is 0.00207. The minimum absolute atomic E-state index is 0.369. The van der Waals surface area contributed by atoms with Gasteiger partial charge in [-0.05, 0) is 18.6 Å². The number of nitrogens with zero attached hydrogens (tertiary/aromatic N) is 2. The molecule has 0 radical (unpaired) electrons. The fraction of sp³-hybridized carbons (Fsp3) is 0.278. The number of fused-ring (bicyclic) bond motifs is 3. The number of benzene rings is 2. The van der Waals surface area contributed by atoms with Crippen LogP contribution in [0.25, 0.3) is 11.0 Å². The number of aliphatic hydroxyl groups is 2. The van der Waals surface area contributed by atoms with E-state index >= 15 is 0 Å². The summed E-state index contributed by atoms with van der Waals surface area (Å²) in [4.78, 5) is 4.62. The first-order valence-electron chi connectivity index (χ1n) is 7.71. The molecule has 0 amide bonds. The van der Waals surface area contributed by atoms with Gasteiger partial charge in [0.1, 0.15) is 23.5 Å². The average molecular weight is 309 g/mol. The van der Waals surface area contributed by atoms with Gasteiger partial charge < -0.3 is 20.1 Å². The number of hydrogen-bond acceptors (Lipinski definition) is 4. The molecule has 1 aromatic heterocycles. The van der Waals surface area contributed by atoms with E-state index < -0.39 is 12.2 Å². The molecule has 3 N–H and O–H groups in total. The molecule has 3 atom stereocenters. The molecule has 118 valence electrons. The number of imidazole rings is 1. The Labute approximate surface area is 134 Å². The Morgan fingerprint density at radius 2 is 1.83 bits per heavy atom. The highest BCUT2D eigenvalue weighted by atomic mass is 16.3. The summed E-state index contributed by atoms with van der Waals surface area (Å²) in [6, 6.07) is 13.1. The van der Waals surface area contributed by atoms with Gasteiger partial charge in [0, 0.05) is 12.6 Å². The molecule has 23 heavy (non-hydrogen) atoms. The van der Waals surface area contributed by atoms with E-state index in [1.165, 1.54) is 0 Å². The lowest BCUT2D eigenvalue weighted by Crippen LogP contribution is -2.36. The molecule has 0 saturated carbocycles. The average Bonchev–Trinajstić information content (AvgIpc) is 2.86. The first-order valence-corrected chi connectivity index (χ1v) is 7.71. The van der Waals surface area contributed by atoms with E-state index in [0.717, 1.165) is 28.1 Å². The highest BCUT2D eigenvalue weighted by Crippen LogP contribution is 2.42. The Kier molecular flexibility index (Phi) is 3.14. The fourth-order valence-electron chi connectivity index (χ4n) is 3.34. The highest BCUT2D eigenvalue weighted by molar-refractivity contribution is 5.92. The van der Waals surface area contributed by atoms with Gasteiger partial charge >= 0.3 is 0 Å². The summed E-state index contributed by atoms with van der Waals surface area (Å²) in [7, 11) is 1.97. The van der Waals surface area contributed by atoms with Gasteiger partial charge in [-0.3, -0.25) is 0 Å². The molecule has 3 aromatic rings. The number of aliphatic hydroxyl groups excluding tert-OH is 2. The van der Waals surface area contributed by atoms with Crippen LogP contribution in [-0.2, 0) is 7.05 Å². The van der Waals surface area contributed by atoms with Crippen molar-refractivity contribution >= 4 is 16.7 Å². The Balaban J connectivity index is 1.90. The summed E-state index contributed by atoms with van der Waals surface area (Å²) in [5, 5.41) is 24.5. The molecular weight excluding hydrogens is 290 g/mol. The summed E-state index contributed by atoms with van der Waals surface area (Å²) in [5.74, 6) is 0.909. The third-order valence-corrected chi connectivity index (χ3v) is 4.75. The number of aromatic nitrogens is 2. The maximum absolute atomic E-state index is 10.6. The van der Waals surface area contributed by atoms with Gasteiger partial charge in [-0.2, -0.15) is 0 Å². The topological polar surface area (TPSA) is 70.3 Å². The van der Waals surface area contributed by atoms with Crippen molar-refractivity contribution in [2.45, 2.75) is 25.2 Å². The van der Waals surface area contributed by atoms with E-state index in [1.807, 2.05) is 61.0 Å². The van der Waals surface area contributed by atoms with Crippen LogP contribution in [0.4, 0.5) is 5.69 Å². The molecule has 0 saturated heterocycles. The van der Waals surface area contributed by atoms with Crippen LogP contribution in [0.15, 0.2) is 42.5 Å². The van der Waals surface area contributed by atoms with Crippen molar-refractivity contribution < 1.29 is 10.2 Å². The van der Waals surface area contributed by atoms with Crippen molar-refractivity contribution in [3.8, 4) is 0 Å². The zero-order valence-corrected chi connectivity index (χ0v) is 13.1. The van der Waals surface area contributed by atoms with Gasteiger partial charge in [-0.1, -0.05) is 36.4 Å². The van der Waals surface area contributed by atoms with Crippen molar-refractivity contribution in [3.05, 3.63) is 59.4 Å². The minimum Gasteiger partial charge on any atom is -0.388 e. The van der Waals surface area contributed by atoms with Crippen molar-refractivity contribution in [2.75, 3.05) is 5.32 Å². The van der Waals surface area contributed by atoms with Crippen LogP contribution in [0, 0.1) is 6.92 Å². The maximum atomic E-state index is 10.6. The molecular formula is C18H19N3O2. The zero-order valence-electron chi connectivity index (χ0n) is 13.1. The minimum atomic E-state index is -0.942. The summed E-state index contributed by atoms with van der Waals surface area (Å²) in [6.45, 7) is 1.95. The SMILES string of the molecule is Cc1nc2c3c(ccc2n1C)[C@@H](O)[C@H](O)[C@@H](c1ccccc1)N3. The number of aryl methyl sites for hydroxylation is 2. The van der Waals surface area contributed by atoms with E-state index in [1.54, 1.807) is 0 Å². The zero-order chi connectivity index (χ0) is 16.1. The van der Waals surface area contributed by atoms with Gasteiger partial charge in [0.15, 0.2) is 0 Å². The summed E-state index contributed by atoms with van der Waals surface area (Å²) < 4.78 is 2.02. The maximum Gasteiger partial charge on any atom is 0.112 e. The number of anilines is 1. The monoisotopic (exact) mass is 309 g/mol. The number of rotatable bonds is 1. The van der Waals surface area contributed by atoms with E-state index in [9.17, 15) is 10.2 Å². The van der Waals surface area contributed by atoms with Gasteiger partial charge in [0.2, 0.25) is 0 Å². The van der Waals surface area contributed by atoms with E-state index in [-0.39, 0.29) is 6.04 Å². The first-order chi connectivity index (χ1) is 11.1. The third kappa shape index (κ3) is 2.04. The van der Waals surface area contributed by atoms with Crippen LogP contribution < -0.4 is 5.32 Å². The highest BCUT2D eigenvalue weighted by Gasteiger charge is 2.36. The Morgan fingerprint density at radius 3 is 2.57 bits per heavy atom. The molecule has 2 heterocycles. The Bertz CT molecular complexity index is 873. The second-order valence-electron chi connectivity index (χ2n) is 6.08. The van der Waals surface area contributed by atoms with Gasteiger partial charge in [0.05, 0.1) is 17.2 Å². The van der Waals surface area contributed by atoms with Crippen LogP contribution in [-0.4, -0.2) is 25.9 Å². The molecule has 5 nitrogen and oxygen atoms in total. The molecule has 0 bridgehead atoms. The third-order valence-electron chi connectivity index (χ3n) is 4.75. The van der Waals surface area contributed by atoms with Crippen molar-refractivity contribution in [1.82, 2.24) is 9.55 Å². The number of hydrogen-bond donors (Lipinski definition) is 3. The molecule has 5 heteroatoms. The van der Waals surface area contributed by atoms with Gasteiger partial charge in [-0.15, -0.1) is 0 Å². The Morgan fingerprint density at radius 1 is 1.09 bits per heavy atom. The summed E-state index contributed by atoms with van der Waals surface area (Å²) >= 11 is 0. The standard InChI is InChI=1S/C18H19N3O2/c1-10-19-16-13(21(10)2)9-8-12-15(16)20-14(18(23)17(12)22)11-6-4-3-5-7-11/h3-9,14,17-18,20,22-23H,1-2H3/t14-,17-,18-/m1/s1. The van der Waals surface area contributed by atoms with Crippen molar-refractivity contribution in [2.24, 2.45) is 7.05 Å². The predicted octanol–water partition coefficient (Wildman–Crippen LogP) is 2.44. The first kappa shape index (κ1) is 14.2. The second kappa shape index (κ2) is 5.08. The molecule has 0 fully saturated rings. The summed E-state index contributed by atoms with van der Waals surface area (Å²) in [5.41, 5.74) is 4.26. The lowest BCUT2D eigenvalue weighted by atomic mass is 9.88. The Hall–Kier alpha value is -2.37. The molecule has 0 unspecified atom stereocenters. The normalized spacial score (nSPS) is 23.6. The van der Waals surface area contributed by atoms with Crippen LogP contribution in [0.2, 0.25) is 0 Å². The van der Waals surface area contributed by atoms with Crippen LogP contribution >= 0.6 is 0 Å². The molecule has 4 rings (SSSR count). The summed E-state index contributed by atoms with van der Waals surface area (Å²) in [6.07, 6.45) is -1.85. The molecule has 2 aromatic carbocycles. The predicted molar refractivity (Wildman–Crippen MR) is 89.2 cm³/mol. The number of nitrogens with one attached hydrogen (secondary N) is 1. The molecule has 0 spiro atoms. The van der Waals surface area contributed by atoms with Crippen LogP contribution in [0.3, 0.4) is 0 Å². The lowest BCUT2D eigenvalue weighted by Gasteiger charge is -2.35. The van der Waals surface area contributed by atoms with Crippen LogP contribution in [0.5, 0.6) is 0 Å². The van der Waals surface area contributed by atoms with Gasteiger partial charge in [-0.25, -0.2) is 4.98 Å². The van der Waals surface area contributed by atoms with E-state index in [2.05, 4.69) is 10.3 Å². The van der Waals surface area contributed by atoms with Crippen LogP contribution in [0.1, 0.15) is 29.1 Å².